The van der Waals surface area contributed by atoms with E-state index in [0.717, 1.165) is 10.3 Å². The van der Waals surface area contributed by atoms with Crippen molar-refractivity contribution in [1.82, 2.24) is 0 Å². The molecule has 2 heterocycles. The molecule has 0 bridgehead atoms. The lowest BCUT2D eigenvalue weighted by molar-refractivity contribution is -0.361. The third-order valence-electron chi connectivity index (χ3n) is 4.10. The van der Waals surface area contributed by atoms with E-state index in [0.29, 0.717) is 12.3 Å². The number of allylic oxidation sites excluding steroid dienone is 1. The molecule has 0 N–H and O–H groups in total. The van der Waals surface area contributed by atoms with E-state index in [4.69, 9.17) is 18.9 Å². The van der Waals surface area contributed by atoms with Gasteiger partial charge in [0, 0.05) is 12.1 Å². The molecule has 136 valence electrons. The van der Waals surface area contributed by atoms with Crippen LogP contribution in [-0.2, 0) is 18.9 Å². The van der Waals surface area contributed by atoms with Crippen molar-refractivity contribution in [3.8, 4) is 0 Å². The molecule has 6 nitrogen and oxygen atoms in total. The fraction of sp³-hybridized carbons (Fsp3) is 0.526. The molecule has 25 heavy (non-hydrogen) atoms. The SMILES string of the molecule is CC(C)=CCO[C@@H]1[C@H]2OC(C)(C)O[C@H]2O[C@@H]1/C=[N+](\[O-])c1ccccc1. The van der Waals surface area contributed by atoms with Crippen LogP contribution in [-0.4, -0.2) is 47.9 Å². The molecule has 2 aliphatic heterocycles. The maximum absolute atomic E-state index is 12.4. The summed E-state index contributed by atoms with van der Waals surface area (Å²) in [5, 5.41) is 12.4. The predicted octanol–water partition coefficient (Wildman–Crippen LogP) is 3.13. The molecule has 1 aromatic carbocycles. The Morgan fingerprint density at radius 3 is 2.64 bits per heavy atom. The summed E-state index contributed by atoms with van der Waals surface area (Å²) in [7, 11) is 0. The third-order valence-corrected chi connectivity index (χ3v) is 4.10. The van der Waals surface area contributed by atoms with Crippen LogP contribution in [0.3, 0.4) is 0 Å². The molecule has 0 saturated carbocycles. The molecule has 1 aromatic rings. The van der Waals surface area contributed by atoms with Gasteiger partial charge in [-0.2, -0.15) is 4.74 Å². The summed E-state index contributed by atoms with van der Waals surface area (Å²) in [4.78, 5) is 0. The van der Waals surface area contributed by atoms with Gasteiger partial charge >= 0.3 is 0 Å². The lowest BCUT2D eigenvalue weighted by Crippen LogP contribution is -2.38. The van der Waals surface area contributed by atoms with Crippen molar-refractivity contribution in [2.24, 2.45) is 0 Å². The van der Waals surface area contributed by atoms with Crippen molar-refractivity contribution < 1.29 is 23.7 Å². The van der Waals surface area contributed by atoms with Crippen molar-refractivity contribution in [2.45, 2.75) is 58.1 Å². The highest BCUT2D eigenvalue weighted by Crippen LogP contribution is 2.38. The predicted molar refractivity (Wildman–Crippen MR) is 93.7 cm³/mol. The van der Waals surface area contributed by atoms with E-state index in [1.165, 1.54) is 6.21 Å². The van der Waals surface area contributed by atoms with E-state index in [-0.39, 0.29) is 6.10 Å². The molecule has 4 atom stereocenters. The maximum atomic E-state index is 12.4. The van der Waals surface area contributed by atoms with E-state index in [9.17, 15) is 5.21 Å². The largest absolute Gasteiger partial charge is 0.618 e. The zero-order valence-corrected chi connectivity index (χ0v) is 15.0. The van der Waals surface area contributed by atoms with Gasteiger partial charge in [0.1, 0.15) is 12.2 Å². The number of rotatable bonds is 5. The van der Waals surface area contributed by atoms with E-state index >= 15 is 0 Å². The minimum atomic E-state index is -0.727. The van der Waals surface area contributed by atoms with Gasteiger partial charge in [-0.1, -0.05) is 29.8 Å². The zero-order chi connectivity index (χ0) is 18.0. The molecule has 0 spiro atoms. The van der Waals surface area contributed by atoms with Gasteiger partial charge in [-0.3, -0.25) is 0 Å². The average molecular weight is 347 g/mol. The first-order valence-corrected chi connectivity index (χ1v) is 8.48. The number of ether oxygens (including phenoxy) is 4. The minimum Gasteiger partial charge on any atom is -0.618 e. The van der Waals surface area contributed by atoms with Gasteiger partial charge in [-0.25, -0.2) is 0 Å². The summed E-state index contributed by atoms with van der Waals surface area (Å²) < 4.78 is 24.4. The number of para-hydroxylation sites is 1. The Balaban J connectivity index is 1.78. The summed E-state index contributed by atoms with van der Waals surface area (Å²) in [6.45, 7) is 8.12. The van der Waals surface area contributed by atoms with Crippen molar-refractivity contribution >= 4 is 11.9 Å². The second-order valence-corrected chi connectivity index (χ2v) is 6.96. The van der Waals surface area contributed by atoms with Crippen molar-refractivity contribution in [3.05, 3.63) is 47.2 Å². The van der Waals surface area contributed by atoms with Crippen LogP contribution in [0.4, 0.5) is 5.69 Å². The van der Waals surface area contributed by atoms with Gasteiger partial charge in [0.15, 0.2) is 24.4 Å². The maximum Gasteiger partial charge on any atom is 0.216 e. The number of hydrogen-bond acceptors (Lipinski definition) is 5. The summed E-state index contributed by atoms with van der Waals surface area (Å²) in [5.41, 5.74) is 1.70. The van der Waals surface area contributed by atoms with Gasteiger partial charge in [0.05, 0.1) is 6.61 Å². The molecule has 2 aliphatic rings. The first-order chi connectivity index (χ1) is 11.9. The van der Waals surface area contributed by atoms with Crippen LogP contribution in [0.5, 0.6) is 0 Å². The van der Waals surface area contributed by atoms with Gasteiger partial charge in [0.2, 0.25) is 5.69 Å². The molecule has 2 fully saturated rings. The lowest BCUT2D eigenvalue weighted by Gasteiger charge is -2.23. The van der Waals surface area contributed by atoms with Crippen LogP contribution in [0.1, 0.15) is 27.7 Å². The second-order valence-electron chi connectivity index (χ2n) is 6.96. The summed E-state index contributed by atoms with van der Waals surface area (Å²) in [6, 6.07) is 8.98. The van der Waals surface area contributed by atoms with Crippen molar-refractivity contribution in [3.63, 3.8) is 0 Å². The van der Waals surface area contributed by atoms with Crippen LogP contribution < -0.4 is 0 Å². The monoisotopic (exact) mass is 347 g/mol. The van der Waals surface area contributed by atoms with Gasteiger partial charge in [0.25, 0.3) is 0 Å². The minimum absolute atomic E-state index is 0.369. The highest BCUT2D eigenvalue weighted by Gasteiger charge is 2.56. The Hall–Kier alpha value is -1.73. The number of fused-ring (bicyclic) bond motifs is 1. The fourth-order valence-corrected chi connectivity index (χ4v) is 2.93. The molecular formula is C19H25NO5. The van der Waals surface area contributed by atoms with E-state index in [1.54, 1.807) is 12.1 Å². The van der Waals surface area contributed by atoms with E-state index < -0.39 is 24.3 Å². The Morgan fingerprint density at radius 1 is 1.24 bits per heavy atom. The Kier molecular flexibility index (Phi) is 5.24. The molecule has 0 aromatic heterocycles. The fourth-order valence-electron chi connectivity index (χ4n) is 2.93. The van der Waals surface area contributed by atoms with Gasteiger partial charge < -0.3 is 24.2 Å². The second kappa shape index (κ2) is 7.25. The third kappa shape index (κ3) is 4.27. The molecule has 0 unspecified atom stereocenters. The summed E-state index contributed by atoms with van der Waals surface area (Å²) in [6.07, 6.45) is 1.58. The van der Waals surface area contributed by atoms with Gasteiger partial charge in [-0.15, -0.1) is 0 Å². The zero-order valence-electron chi connectivity index (χ0n) is 15.0. The molecule has 2 saturated heterocycles. The Labute approximate surface area is 148 Å². The van der Waals surface area contributed by atoms with E-state index in [2.05, 4.69) is 0 Å². The molecule has 0 radical (unpaired) electrons. The van der Waals surface area contributed by atoms with Crippen molar-refractivity contribution in [2.75, 3.05) is 6.61 Å². The Bertz CT molecular complexity index is 651. The van der Waals surface area contributed by atoms with Gasteiger partial charge in [-0.05, 0) is 27.7 Å². The molecule has 0 aliphatic carbocycles. The highest BCUT2D eigenvalue weighted by atomic mass is 16.8. The van der Waals surface area contributed by atoms with Crippen LogP contribution in [0, 0.1) is 5.21 Å². The summed E-state index contributed by atoms with van der Waals surface area (Å²) >= 11 is 0. The first kappa shape index (κ1) is 18.1. The topological polar surface area (TPSA) is 63.0 Å². The first-order valence-electron chi connectivity index (χ1n) is 8.48. The average Bonchev–Trinajstić information content (AvgIpc) is 3.00. The Morgan fingerprint density at radius 2 is 1.96 bits per heavy atom. The normalized spacial score (nSPS) is 31.0. The quantitative estimate of drug-likeness (QED) is 0.269. The molecule has 3 rings (SSSR count). The van der Waals surface area contributed by atoms with Crippen molar-refractivity contribution in [1.29, 1.82) is 0 Å². The number of hydrogen-bond donors (Lipinski definition) is 0. The molecule has 0 amide bonds. The highest BCUT2D eigenvalue weighted by molar-refractivity contribution is 5.61. The molecular weight excluding hydrogens is 322 g/mol. The standard InChI is InChI=1S/C19H25NO5/c1-13(2)10-11-22-16-15(12-20(21)14-8-6-5-7-9-14)23-18-17(16)24-19(3,4)25-18/h5-10,12,15-18H,11H2,1-4H3/b20-12-/t15-,16+,17-,18-/m1/s1. The van der Waals surface area contributed by atoms with E-state index in [1.807, 2.05) is 52.0 Å². The van der Waals surface area contributed by atoms with Crippen LogP contribution in [0.15, 0.2) is 42.0 Å². The van der Waals surface area contributed by atoms with Crippen LogP contribution in [0.2, 0.25) is 0 Å². The van der Waals surface area contributed by atoms with Crippen LogP contribution in [0.25, 0.3) is 0 Å². The summed E-state index contributed by atoms with van der Waals surface area (Å²) in [5.74, 6) is -0.727. The van der Waals surface area contributed by atoms with Crippen LogP contribution >= 0.6 is 0 Å². The number of benzene rings is 1. The number of nitrogens with zero attached hydrogens (tertiary/aromatic N) is 1. The lowest BCUT2D eigenvalue weighted by atomic mass is 10.1. The molecule has 6 heteroatoms. The smallest absolute Gasteiger partial charge is 0.216 e.